The first-order valence-corrected chi connectivity index (χ1v) is 5.39. The number of aromatic nitrogens is 2. The zero-order valence-electron chi connectivity index (χ0n) is 9.24. The molecule has 2 heterocycles. The summed E-state index contributed by atoms with van der Waals surface area (Å²) in [7, 11) is 0. The number of carbonyl (C=O) groups is 2. The van der Waals surface area contributed by atoms with Crippen LogP contribution in [0.3, 0.4) is 0 Å². The Morgan fingerprint density at radius 2 is 2.17 bits per heavy atom. The first kappa shape index (κ1) is 10.7. The van der Waals surface area contributed by atoms with Gasteiger partial charge in [-0.1, -0.05) is 0 Å². The summed E-state index contributed by atoms with van der Waals surface area (Å²) in [5.74, 6) is -0.789. The van der Waals surface area contributed by atoms with Crippen LogP contribution in [0, 0.1) is 5.82 Å². The highest BCUT2D eigenvalue weighted by Gasteiger charge is 2.26. The SMILES string of the molecule is O=C1CCN(c2cc(F)cc3[nH]ncc23)C(=O)N1. The van der Waals surface area contributed by atoms with E-state index in [4.69, 9.17) is 0 Å². The lowest BCUT2D eigenvalue weighted by atomic mass is 10.1. The van der Waals surface area contributed by atoms with E-state index in [2.05, 4.69) is 15.5 Å². The molecular formula is C11H9FN4O2. The van der Waals surface area contributed by atoms with Crippen LogP contribution in [0.2, 0.25) is 0 Å². The van der Waals surface area contributed by atoms with Crippen molar-refractivity contribution in [2.24, 2.45) is 0 Å². The Kier molecular flexibility index (Phi) is 2.26. The van der Waals surface area contributed by atoms with E-state index in [1.165, 1.54) is 23.2 Å². The van der Waals surface area contributed by atoms with E-state index in [1.54, 1.807) is 0 Å². The molecule has 2 N–H and O–H groups in total. The van der Waals surface area contributed by atoms with Gasteiger partial charge in [0, 0.05) is 18.4 Å². The van der Waals surface area contributed by atoms with E-state index in [-0.39, 0.29) is 18.9 Å². The molecule has 3 rings (SSSR count). The molecule has 7 heteroatoms. The van der Waals surface area contributed by atoms with Gasteiger partial charge in [0.05, 0.1) is 17.4 Å². The van der Waals surface area contributed by atoms with Crippen molar-refractivity contribution in [1.29, 1.82) is 0 Å². The van der Waals surface area contributed by atoms with Gasteiger partial charge in [0.15, 0.2) is 0 Å². The van der Waals surface area contributed by atoms with Gasteiger partial charge in [-0.3, -0.25) is 20.1 Å². The standard InChI is InChI=1S/C11H9FN4O2/c12-6-3-8-7(5-13-15-8)9(4-6)16-2-1-10(17)14-11(16)18/h3-5H,1-2H2,(H,13,15)(H,14,17,18). The van der Waals surface area contributed by atoms with Crippen molar-refractivity contribution in [3.05, 3.63) is 24.1 Å². The summed E-state index contributed by atoms with van der Waals surface area (Å²) in [5.41, 5.74) is 0.915. The summed E-state index contributed by atoms with van der Waals surface area (Å²) in [6.45, 7) is 0.231. The number of aromatic amines is 1. The molecule has 0 radical (unpaired) electrons. The predicted octanol–water partition coefficient (Wildman–Crippen LogP) is 1.15. The molecule has 18 heavy (non-hydrogen) atoms. The molecule has 0 spiro atoms. The molecule has 6 nitrogen and oxygen atoms in total. The quantitative estimate of drug-likeness (QED) is 0.794. The zero-order chi connectivity index (χ0) is 12.7. The lowest BCUT2D eigenvalue weighted by Crippen LogP contribution is -2.49. The average molecular weight is 248 g/mol. The Balaban J connectivity index is 2.11. The fraction of sp³-hybridized carbons (Fsp3) is 0.182. The third-order valence-electron chi connectivity index (χ3n) is 2.85. The van der Waals surface area contributed by atoms with E-state index in [9.17, 15) is 14.0 Å². The number of hydrogen-bond acceptors (Lipinski definition) is 3. The van der Waals surface area contributed by atoms with Gasteiger partial charge >= 0.3 is 6.03 Å². The Hall–Kier alpha value is -2.44. The number of fused-ring (bicyclic) bond motifs is 1. The first-order valence-electron chi connectivity index (χ1n) is 5.39. The van der Waals surface area contributed by atoms with Crippen LogP contribution in [0.25, 0.3) is 10.9 Å². The maximum atomic E-state index is 13.5. The van der Waals surface area contributed by atoms with E-state index in [0.29, 0.717) is 16.6 Å². The largest absolute Gasteiger partial charge is 0.328 e. The average Bonchev–Trinajstić information content (AvgIpc) is 2.76. The topological polar surface area (TPSA) is 78.1 Å². The molecule has 1 aromatic heterocycles. The van der Waals surface area contributed by atoms with Gasteiger partial charge < -0.3 is 0 Å². The highest BCUT2D eigenvalue weighted by Crippen LogP contribution is 2.28. The zero-order valence-corrected chi connectivity index (χ0v) is 9.24. The van der Waals surface area contributed by atoms with Crippen molar-refractivity contribution in [3.63, 3.8) is 0 Å². The maximum Gasteiger partial charge on any atom is 0.328 e. The fourth-order valence-electron chi connectivity index (χ4n) is 2.02. The number of H-pyrrole nitrogens is 1. The Morgan fingerprint density at radius 3 is 2.94 bits per heavy atom. The number of nitrogens with one attached hydrogen (secondary N) is 2. The summed E-state index contributed by atoms with van der Waals surface area (Å²) < 4.78 is 13.5. The highest BCUT2D eigenvalue weighted by molar-refractivity contribution is 6.09. The molecular weight excluding hydrogens is 239 g/mol. The second-order valence-corrected chi connectivity index (χ2v) is 4.01. The third-order valence-corrected chi connectivity index (χ3v) is 2.85. The third kappa shape index (κ3) is 1.60. The minimum absolute atomic E-state index is 0.196. The number of hydrogen-bond donors (Lipinski definition) is 2. The van der Waals surface area contributed by atoms with Gasteiger partial charge in [0.1, 0.15) is 5.82 Å². The van der Waals surface area contributed by atoms with Gasteiger partial charge in [-0.15, -0.1) is 0 Å². The summed E-state index contributed by atoms with van der Waals surface area (Å²) >= 11 is 0. The van der Waals surface area contributed by atoms with Crippen LogP contribution in [0.5, 0.6) is 0 Å². The maximum absolute atomic E-state index is 13.5. The lowest BCUT2D eigenvalue weighted by Gasteiger charge is -2.27. The van der Waals surface area contributed by atoms with Crippen molar-refractivity contribution in [3.8, 4) is 0 Å². The predicted molar refractivity (Wildman–Crippen MR) is 61.6 cm³/mol. The second kappa shape index (κ2) is 3.80. The van der Waals surface area contributed by atoms with E-state index in [0.717, 1.165) is 0 Å². The Bertz CT molecular complexity index is 652. The minimum Gasteiger partial charge on any atom is -0.293 e. The summed E-state index contributed by atoms with van der Waals surface area (Å²) in [6, 6.07) is 2.02. The van der Waals surface area contributed by atoms with Crippen LogP contribution in [0.15, 0.2) is 18.3 Å². The molecule has 1 aliphatic heterocycles. The van der Waals surface area contributed by atoms with E-state index >= 15 is 0 Å². The van der Waals surface area contributed by atoms with Crippen molar-refractivity contribution in [2.75, 3.05) is 11.4 Å². The van der Waals surface area contributed by atoms with Gasteiger partial charge in [-0.2, -0.15) is 5.10 Å². The molecule has 2 aromatic rings. The molecule has 3 amide bonds. The van der Waals surface area contributed by atoms with Crippen LogP contribution in [0.1, 0.15) is 6.42 Å². The van der Waals surface area contributed by atoms with Gasteiger partial charge in [-0.25, -0.2) is 9.18 Å². The van der Waals surface area contributed by atoms with Crippen LogP contribution >= 0.6 is 0 Å². The minimum atomic E-state index is -0.542. The molecule has 1 aliphatic rings. The normalized spacial score (nSPS) is 16.2. The second-order valence-electron chi connectivity index (χ2n) is 4.01. The molecule has 0 aliphatic carbocycles. The monoisotopic (exact) mass is 248 g/mol. The van der Waals surface area contributed by atoms with Crippen LogP contribution < -0.4 is 10.2 Å². The Labute approximate surface area is 101 Å². The van der Waals surface area contributed by atoms with Crippen molar-refractivity contribution in [1.82, 2.24) is 15.5 Å². The molecule has 92 valence electrons. The molecule has 0 atom stereocenters. The number of imide groups is 1. The highest BCUT2D eigenvalue weighted by atomic mass is 19.1. The van der Waals surface area contributed by atoms with Crippen molar-refractivity contribution in [2.45, 2.75) is 6.42 Å². The van der Waals surface area contributed by atoms with E-state index in [1.807, 2.05) is 0 Å². The molecule has 1 aromatic carbocycles. The number of urea groups is 1. The van der Waals surface area contributed by atoms with Crippen molar-refractivity contribution < 1.29 is 14.0 Å². The van der Waals surface area contributed by atoms with Crippen molar-refractivity contribution >= 4 is 28.5 Å². The number of amides is 3. The number of carbonyl (C=O) groups excluding carboxylic acids is 2. The number of anilines is 1. The van der Waals surface area contributed by atoms with Crippen LogP contribution in [0.4, 0.5) is 14.9 Å². The summed E-state index contributed by atoms with van der Waals surface area (Å²) in [4.78, 5) is 24.1. The number of nitrogens with zero attached hydrogens (tertiary/aromatic N) is 2. The molecule has 1 saturated heterocycles. The van der Waals surface area contributed by atoms with E-state index < -0.39 is 11.8 Å². The Morgan fingerprint density at radius 1 is 1.33 bits per heavy atom. The fourth-order valence-corrected chi connectivity index (χ4v) is 2.02. The smallest absolute Gasteiger partial charge is 0.293 e. The summed E-state index contributed by atoms with van der Waals surface area (Å²) in [6.07, 6.45) is 1.72. The number of rotatable bonds is 1. The van der Waals surface area contributed by atoms with Crippen LogP contribution in [-0.2, 0) is 4.79 Å². The first-order chi connectivity index (χ1) is 8.65. The molecule has 1 fully saturated rings. The number of benzene rings is 1. The summed E-state index contributed by atoms with van der Waals surface area (Å²) in [5, 5.41) is 9.31. The molecule has 0 saturated carbocycles. The lowest BCUT2D eigenvalue weighted by molar-refractivity contribution is -0.120. The van der Waals surface area contributed by atoms with Crippen LogP contribution in [-0.4, -0.2) is 28.7 Å². The molecule has 0 unspecified atom stereocenters. The number of halogens is 1. The van der Waals surface area contributed by atoms with Gasteiger partial charge in [0.2, 0.25) is 5.91 Å². The molecule has 0 bridgehead atoms. The van der Waals surface area contributed by atoms with Gasteiger partial charge in [-0.05, 0) is 12.1 Å². The van der Waals surface area contributed by atoms with Gasteiger partial charge in [0.25, 0.3) is 0 Å².